The van der Waals surface area contributed by atoms with Crippen molar-refractivity contribution in [3.8, 4) is 0 Å². The normalized spacial score (nSPS) is 18.7. The number of aromatic nitrogens is 3. The molecule has 3 heterocycles. The highest BCUT2D eigenvalue weighted by atomic mass is 79.9. The number of halogens is 1. The molecule has 1 unspecified atom stereocenters. The standard InChI is InChI=1S/C15H20BrN5O2/c1-10(2)12-9-19(6-7-23-3)15(22)21(12)13-4-5-20-14(18-13)11(16)8-17-20/h4-5,8,10,12H,6-7,9H2,1-3H3. The van der Waals surface area contributed by atoms with E-state index in [2.05, 4.69) is 39.9 Å². The Balaban J connectivity index is 1.96. The van der Waals surface area contributed by atoms with Crippen molar-refractivity contribution in [2.75, 3.05) is 31.7 Å². The predicted molar refractivity (Wildman–Crippen MR) is 90.6 cm³/mol. The van der Waals surface area contributed by atoms with Crippen LogP contribution in [0.3, 0.4) is 0 Å². The molecule has 7 nitrogen and oxygen atoms in total. The molecule has 2 amide bonds. The fourth-order valence-corrected chi connectivity index (χ4v) is 3.17. The molecule has 1 aliphatic heterocycles. The molecule has 2 aromatic rings. The maximum Gasteiger partial charge on any atom is 0.326 e. The molecule has 0 bridgehead atoms. The maximum atomic E-state index is 12.8. The van der Waals surface area contributed by atoms with E-state index in [0.29, 0.717) is 37.1 Å². The molecule has 1 atom stereocenters. The van der Waals surface area contributed by atoms with Gasteiger partial charge in [-0.25, -0.2) is 14.3 Å². The number of anilines is 1. The first kappa shape index (κ1) is 16.2. The second-order valence-corrected chi connectivity index (χ2v) is 6.80. The Morgan fingerprint density at radius 3 is 2.96 bits per heavy atom. The molecule has 0 aliphatic carbocycles. The Morgan fingerprint density at radius 2 is 2.26 bits per heavy atom. The van der Waals surface area contributed by atoms with Gasteiger partial charge in [-0.2, -0.15) is 5.10 Å². The number of rotatable bonds is 5. The number of urea groups is 1. The van der Waals surface area contributed by atoms with Crippen LogP contribution in [0.4, 0.5) is 10.6 Å². The summed E-state index contributed by atoms with van der Waals surface area (Å²) < 4.78 is 7.60. The first-order valence-electron chi connectivity index (χ1n) is 7.60. The molecule has 0 spiro atoms. The van der Waals surface area contributed by atoms with Crippen LogP contribution in [0, 0.1) is 5.92 Å². The lowest BCUT2D eigenvalue weighted by atomic mass is 10.0. The van der Waals surface area contributed by atoms with Gasteiger partial charge >= 0.3 is 6.03 Å². The smallest absolute Gasteiger partial charge is 0.326 e. The van der Waals surface area contributed by atoms with E-state index in [1.807, 2.05) is 17.2 Å². The van der Waals surface area contributed by atoms with Crippen molar-refractivity contribution in [3.05, 3.63) is 22.9 Å². The molecular formula is C15H20BrN5O2. The first-order valence-corrected chi connectivity index (χ1v) is 8.39. The van der Waals surface area contributed by atoms with E-state index >= 15 is 0 Å². The third-order valence-corrected chi connectivity index (χ3v) is 4.67. The van der Waals surface area contributed by atoms with E-state index in [4.69, 9.17) is 4.74 Å². The SMILES string of the molecule is COCCN1CC(C(C)C)N(c2ccn3ncc(Br)c3n2)C1=O. The van der Waals surface area contributed by atoms with E-state index < -0.39 is 0 Å². The van der Waals surface area contributed by atoms with Crippen molar-refractivity contribution in [2.24, 2.45) is 5.92 Å². The van der Waals surface area contributed by atoms with E-state index in [0.717, 1.165) is 4.47 Å². The van der Waals surface area contributed by atoms with Crippen LogP contribution in [0.5, 0.6) is 0 Å². The summed E-state index contributed by atoms with van der Waals surface area (Å²) in [6, 6.07) is 1.91. The minimum absolute atomic E-state index is 0.0202. The summed E-state index contributed by atoms with van der Waals surface area (Å²) in [5, 5.41) is 4.19. The Labute approximate surface area is 143 Å². The van der Waals surface area contributed by atoms with Crippen molar-refractivity contribution in [3.63, 3.8) is 0 Å². The van der Waals surface area contributed by atoms with Gasteiger partial charge < -0.3 is 9.64 Å². The zero-order valence-electron chi connectivity index (χ0n) is 13.4. The second-order valence-electron chi connectivity index (χ2n) is 5.95. The van der Waals surface area contributed by atoms with Gasteiger partial charge in [0.1, 0.15) is 5.82 Å². The molecule has 0 N–H and O–H groups in total. The minimum atomic E-state index is -0.0202. The summed E-state index contributed by atoms with van der Waals surface area (Å²) in [6.45, 7) is 6.06. The van der Waals surface area contributed by atoms with Gasteiger partial charge in [-0.05, 0) is 27.9 Å². The lowest BCUT2D eigenvalue weighted by Gasteiger charge is -2.25. The number of amides is 2. The fraction of sp³-hybridized carbons (Fsp3) is 0.533. The van der Waals surface area contributed by atoms with Gasteiger partial charge in [0.25, 0.3) is 0 Å². The average Bonchev–Trinajstić information content (AvgIpc) is 3.06. The zero-order chi connectivity index (χ0) is 16.6. The highest BCUT2D eigenvalue weighted by molar-refractivity contribution is 9.10. The molecule has 0 saturated carbocycles. The number of fused-ring (bicyclic) bond motifs is 1. The quantitative estimate of drug-likeness (QED) is 0.797. The Kier molecular flexibility index (Phi) is 4.54. The third kappa shape index (κ3) is 2.92. The minimum Gasteiger partial charge on any atom is -0.383 e. The molecule has 1 saturated heterocycles. The van der Waals surface area contributed by atoms with Crippen molar-refractivity contribution < 1.29 is 9.53 Å². The van der Waals surface area contributed by atoms with Gasteiger partial charge in [0.15, 0.2) is 5.65 Å². The maximum absolute atomic E-state index is 12.8. The molecular weight excluding hydrogens is 362 g/mol. The molecule has 2 aromatic heterocycles. The van der Waals surface area contributed by atoms with Gasteiger partial charge in [-0.1, -0.05) is 13.8 Å². The van der Waals surface area contributed by atoms with E-state index in [1.54, 1.807) is 22.7 Å². The molecule has 124 valence electrons. The van der Waals surface area contributed by atoms with Gasteiger partial charge in [-0.3, -0.25) is 4.90 Å². The van der Waals surface area contributed by atoms with Gasteiger partial charge in [0.2, 0.25) is 0 Å². The van der Waals surface area contributed by atoms with Crippen LogP contribution in [-0.2, 0) is 4.74 Å². The van der Waals surface area contributed by atoms with E-state index in [9.17, 15) is 4.79 Å². The lowest BCUT2D eigenvalue weighted by Crippen LogP contribution is -2.38. The van der Waals surface area contributed by atoms with Crippen molar-refractivity contribution >= 4 is 33.4 Å². The summed E-state index contributed by atoms with van der Waals surface area (Å²) >= 11 is 3.44. The number of hydrogen-bond donors (Lipinski definition) is 0. The molecule has 1 fully saturated rings. The summed E-state index contributed by atoms with van der Waals surface area (Å²) in [5.41, 5.74) is 0.702. The number of carbonyl (C=O) groups is 1. The van der Waals surface area contributed by atoms with Crippen LogP contribution in [0.2, 0.25) is 0 Å². The largest absolute Gasteiger partial charge is 0.383 e. The highest BCUT2D eigenvalue weighted by Gasteiger charge is 2.40. The molecule has 0 aromatic carbocycles. The number of methoxy groups -OCH3 is 1. The van der Waals surface area contributed by atoms with Crippen molar-refractivity contribution in [1.29, 1.82) is 0 Å². The molecule has 3 rings (SSSR count). The number of ether oxygens (including phenoxy) is 1. The summed E-state index contributed by atoms with van der Waals surface area (Å²) in [4.78, 5) is 21.0. The Bertz CT molecular complexity index is 717. The van der Waals surface area contributed by atoms with E-state index in [-0.39, 0.29) is 12.1 Å². The average molecular weight is 382 g/mol. The fourth-order valence-electron chi connectivity index (χ4n) is 2.81. The monoisotopic (exact) mass is 381 g/mol. The van der Waals surface area contributed by atoms with Crippen LogP contribution in [0.25, 0.3) is 5.65 Å². The topological polar surface area (TPSA) is 63.0 Å². The lowest BCUT2D eigenvalue weighted by molar-refractivity contribution is 0.161. The van der Waals surface area contributed by atoms with Gasteiger partial charge in [0.05, 0.1) is 23.3 Å². The van der Waals surface area contributed by atoms with Crippen molar-refractivity contribution in [1.82, 2.24) is 19.5 Å². The second kappa shape index (κ2) is 6.45. The van der Waals surface area contributed by atoms with E-state index in [1.165, 1.54) is 0 Å². The number of hydrogen-bond acceptors (Lipinski definition) is 4. The van der Waals surface area contributed by atoms with Gasteiger partial charge in [0, 0.05) is 26.4 Å². The van der Waals surface area contributed by atoms with Crippen LogP contribution >= 0.6 is 15.9 Å². The predicted octanol–water partition coefficient (Wildman–Crippen LogP) is 2.40. The highest BCUT2D eigenvalue weighted by Crippen LogP contribution is 2.28. The van der Waals surface area contributed by atoms with Crippen LogP contribution in [0.15, 0.2) is 22.9 Å². The molecule has 1 aliphatic rings. The summed E-state index contributed by atoms with van der Waals surface area (Å²) in [6.07, 6.45) is 3.52. The van der Waals surface area contributed by atoms with Crippen LogP contribution < -0.4 is 4.90 Å². The Hall–Kier alpha value is -1.67. The molecule has 8 heteroatoms. The zero-order valence-corrected chi connectivity index (χ0v) is 15.0. The van der Waals surface area contributed by atoms with Crippen LogP contribution in [-0.4, -0.2) is 58.4 Å². The number of nitrogens with zero attached hydrogens (tertiary/aromatic N) is 5. The van der Waals surface area contributed by atoms with Crippen LogP contribution in [0.1, 0.15) is 13.8 Å². The Morgan fingerprint density at radius 1 is 1.48 bits per heavy atom. The number of carbonyl (C=O) groups excluding carboxylic acids is 1. The molecule has 0 radical (unpaired) electrons. The third-order valence-electron chi connectivity index (χ3n) is 4.11. The summed E-state index contributed by atoms with van der Waals surface area (Å²) in [5.74, 6) is 0.986. The molecule has 23 heavy (non-hydrogen) atoms. The summed E-state index contributed by atoms with van der Waals surface area (Å²) in [7, 11) is 1.64. The van der Waals surface area contributed by atoms with Gasteiger partial charge in [-0.15, -0.1) is 0 Å². The van der Waals surface area contributed by atoms with Crippen molar-refractivity contribution in [2.45, 2.75) is 19.9 Å². The first-order chi connectivity index (χ1) is 11.0.